The summed E-state index contributed by atoms with van der Waals surface area (Å²) in [5.41, 5.74) is 4.19. The number of benzene rings is 1. The average molecular weight is 256 g/mol. The lowest BCUT2D eigenvalue weighted by molar-refractivity contribution is 0.300. The zero-order chi connectivity index (χ0) is 13.2. The summed E-state index contributed by atoms with van der Waals surface area (Å²) >= 11 is 0. The van der Waals surface area contributed by atoms with Crippen LogP contribution in [-0.4, -0.2) is 21.9 Å². The Labute approximate surface area is 111 Å². The summed E-state index contributed by atoms with van der Waals surface area (Å²) in [7, 11) is 1.95. The van der Waals surface area contributed by atoms with Crippen LogP contribution >= 0.6 is 0 Å². The molecule has 0 saturated carbocycles. The Morgan fingerprint density at radius 3 is 2.89 bits per heavy atom. The fourth-order valence-corrected chi connectivity index (χ4v) is 2.26. The number of hydrogen-bond acceptors (Lipinski definition) is 4. The topological polar surface area (TPSA) is 55.9 Å². The van der Waals surface area contributed by atoms with Gasteiger partial charge in [-0.25, -0.2) is 4.63 Å². The van der Waals surface area contributed by atoms with E-state index in [1.165, 1.54) is 16.5 Å². The molecule has 19 heavy (non-hydrogen) atoms. The van der Waals surface area contributed by atoms with Gasteiger partial charge in [0.25, 0.3) is 0 Å². The molecule has 0 aliphatic rings. The summed E-state index contributed by atoms with van der Waals surface area (Å²) in [6, 6.07) is 8.61. The SMILES string of the molecule is CNCc1ccc2c(ccn2Cc2nonc2C)c1. The number of rotatable bonds is 4. The van der Waals surface area contributed by atoms with Crippen LogP contribution in [0.3, 0.4) is 0 Å². The molecule has 5 heteroatoms. The van der Waals surface area contributed by atoms with Crippen molar-refractivity contribution in [3.05, 3.63) is 47.4 Å². The van der Waals surface area contributed by atoms with Crippen molar-refractivity contribution >= 4 is 10.9 Å². The maximum Gasteiger partial charge on any atom is 0.127 e. The van der Waals surface area contributed by atoms with Crippen LogP contribution in [0.25, 0.3) is 10.9 Å². The Bertz CT molecular complexity index is 698. The van der Waals surface area contributed by atoms with Crippen LogP contribution in [0.4, 0.5) is 0 Å². The van der Waals surface area contributed by atoms with E-state index >= 15 is 0 Å². The molecule has 0 fully saturated rings. The summed E-state index contributed by atoms with van der Waals surface area (Å²) in [5, 5.41) is 12.1. The van der Waals surface area contributed by atoms with Crippen molar-refractivity contribution in [2.24, 2.45) is 0 Å². The molecule has 3 rings (SSSR count). The second kappa shape index (κ2) is 4.85. The summed E-state index contributed by atoms with van der Waals surface area (Å²) in [6.07, 6.45) is 2.07. The van der Waals surface area contributed by atoms with Gasteiger partial charge in [-0.3, -0.25) is 0 Å². The lowest BCUT2D eigenvalue weighted by Gasteiger charge is -2.04. The van der Waals surface area contributed by atoms with E-state index in [1.807, 2.05) is 14.0 Å². The van der Waals surface area contributed by atoms with Crippen molar-refractivity contribution in [1.29, 1.82) is 0 Å². The predicted octanol–water partition coefficient (Wildman–Crippen LogP) is 2.10. The predicted molar refractivity (Wildman–Crippen MR) is 72.8 cm³/mol. The lowest BCUT2D eigenvalue weighted by atomic mass is 10.1. The van der Waals surface area contributed by atoms with Gasteiger partial charge in [0.1, 0.15) is 11.4 Å². The molecule has 0 radical (unpaired) electrons. The highest BCUT2D eigenvalue weighted by atomic mass is 16.6. The molecule has 1 aromatic carbocycles. The van der Waals surface area contributed by atoms with Gasteiger partial charge in [-0.2, -0.15) is 0 Å². The van der Waals surface area contributed by atoms with E-state index in [-0.39, 0.29) is 0 Å². The van der Waals surface area contributed by atoms with Crippen LogP contribution in [0.15, 0.2) is 35.1 Å². The van der Waals surface area contributed by atoms with Gasteiger partial charge >= 0.3 is 0 Å². The zero-order valence-electron chi connectivity index (χ0n) is 11.1. The monoisotopic (exact) mass is 256 g/mol. The normalized spacial score (nSPS) is 11.3. The number of aromatic nitrogens is 3. The smallest absolute Gasteiger partial charge is 0.127 e. The van der Waals surface area contributed by atoms with Crippen LogP contribution in [0.5, 0.6) is 0 Å². The molecule has 1 N–H and O–H groups in total. The van der Waals surface area contributed by atoms with Crippen LogP contribution in [-0.2, 0) is 13.1 Å². The molecule has 0 spiro atoms. The van der Waals surface area contributed by atoms with Crippen LogP contribution < -0.4 is 5.32 Å². The largest absolute Gasteiger partial charge is 0.341 e. The van der Waals surface area contributed by atoms with Gasteiger partial charge in [-0.05, 0) is 43.1 Å². The first kappa shape index (κ1) is 11.9. The van der Waals surface area contributed by atoms with E-state index in [9.17, 15) is 0 Å². The Morgan fingerprint density at radius 2 is 2.16 bits per heavy atom. The number of hydrogen-bond donors (Lipinski definition) is 1. The minimum absolute atomic E-state index is 0.685. The fourth-order valence-electron chi connectivity index (χ4n) is 2.26. The maximum absolute atomic E-state index is 4.74. The summed E-state index contributed by atoms with van der Waals surface area (Å²) in [4.78, 5) is 0. The summed E-state index contributed by atoms with van der Waals surface area (Å²) < 4.78 is 6.89. The quantitative estimate of drug-likeness (QED) is 0.776. The van der Waals surface area contributed by atoms with E-state index in [2.05, 4.69) is 50.7 Å². The third-order valence-electron chi connectivity index (χ3n) is 3.28. The van der Waals surface area contributed by atoms with Crippen LogP contribution in [0.1, 0.15) is 17.0 Å². The van der Waals surface area contributed by atoms with Crippen LogP contribution in [0.2, 0.25) is 0 Å². The zero-order valence-corrected chi connectivity index (χ0v) is 11.1. The third kappa shape index (κ3) is 2.24. The standard InChI is InChI=1S/C14H16N4O/c1-10-13(17-19-16-10)9-18-6-5-12-7-11(8-15-2)3-4-14(12)18/h3-7,15H,8-9H2,1-2H3. The molecule has 98 valence electrons. The number of nitrogens with zero attached hydrogens (tertiary/aromatic N) is 3. The first-order valence-corrected chi connectivity index (χ1v) is 6.28. The van der Waals surface area contributed by atoms with Crippen molar-refractivity contribution < 1.29 is 4.63 Å². The highest BCUT2D eigenvalue weighted by Gasteiger charge is 2.08. The molecular formula is C14H16N4O. The Kier molecular flexibility index (Phi) is 3.05. The van der Waals surface area contributed by atoms with E-state index < -0.39 is 0 Å². The Balaban J connectivity index is 1.95. The van der Waals surface area contributed by atoms with Gasteiger partial charge in [0.15, 0.2) is 0 Å². The third-order valence-corrected chi connectivity index (χ3v) is 3.28. The van der Waals surface area contributed by atoms with Crippen LogP contribution in [0, 0.1) is 6.92 Å². The molecule has 0 saturated heterocycles. The van der Waals surface area contributed by atoms with Gasteiger partial charge < -0.3 is 9.88 Å². The molecule has 2 aromatic heterocycles. The fraction of sp³-hybridized carbons (Fsp3) is 0.286. The maximum atomic E-state index is 4.74. The van der Waals surface area contributed by atoms with Gasteiger partial charge in [-0.1, -0.05) is 16.4 Å². The second-order valence-electron chi connectivity index (χ2n) is 4.66. The minimum Gasteiger partial charge on any atom is -0.341 e. The number of nitrogens with one attached hydrogen (secondary N) is 1. The number of fused-ring (bicyclic) bond motifs is 1. The van der Waals surface area contributed by atoms with E-state index in [0.29, 0.717) is 6.54 Å². The summed E-state index contributed by atoms with van der Waals surface area (Å²) in [5.74, 6) is 0. The first-order valence-electron chi connectivity index (χ1n) is 6.28. The Hall–Kier alpha value is -2.14. The van der Waals surface area contributed by atoms with E-state index in [0.717, 1.165) is 17.9 Å². The molecule has 2 heterocycles. The summed E-state index contributed by atoms with van der Waals surface area (Å²) in [6.45, 7) is 3.47. The first-order chi connectivity index (χ1) is 9.28. The highest BCUT2D eigenvalue weighted by Crippen LogP contribution is 2.19. The molecule has 0 amide bonds. The van der Waals surface area contributed by atoms with Crippen molar-refractivity contribution in [1.82, 2.24) is 20.2 Å². The molecular weight excluding hydrogens is 240 g/mol. The molecule has 3 aromatic rings. The van der Waals surface area contributed by atoms with Crippen molar-refractivity contribution in [3.8, 4) is 0 Å². The van der Waals surface area contributed by atoms with Crippen molar-refractivity contribution in [2.75, 3.05) is 7.05 Å². The van der Waals surface area contributed by atoms with Crippen molar-refractivity contribution in [3.63, 3.8) is 0 Å². The molecule has 0 unspecified atom stereocenters. The van der Waals surface area contributed by atoms with Crippen molar-refractivity contribution in [2.45, 2.75) is 20.0 Å². The molecule has 0 aliphatic heterocycles. The van der Waals surface area contributed by atoms with Gasteiger partial charge in [0, 0.05) is 18.3 Å². The van der Waals surface area contributed by atoms with E-state index in [1.54, 1.807) is 0 Å². The van der Waals surface area contributed by atoms with Gasteiger partial charge in [0.05, 0.1) is 6.54 Å². The average Bonchev–Trinajstić information content (AvgIpc) is 2.98. The van der Waals surface area contributed by atoms with Gasteiger partial charge in [0.2, 0.25) is 0 Å². The molecule has 0 atom stereocenters. The Morgan fingerprint density at radius 1 is 1.26 bits per heavy atom. The molecule has 0 aliphatic carbocycles. The highest BCUT2D eigenvalue weighted by molar-refractivity contribution is 5.81. The van der Waals surface area contributed by atoms with E-state index in [4.69, 9.17) is 4.63 Å². The molecule has 5 nitrogen and oxygen atoms in total. The number of aryl methyl sites for hydroxylation is 1. The lowest BCUT2D eigenvalue weighted by Crippen LogP contribution is -2.04. The van der Waals surface area contributed by atoms with Gasteiger partial charge in [-0.15, -0.1) is 0 Å². The second-order valence-corrected chi connectivity index (χ2v) is 4.66. The molecule has 0 bridgehead atoms. The minimum atomic E-state index is 0.685.